The summed E-state index contributed by atoms with van der Waals surface area (Å²) in [7, 11) is 0. The summed E-state index contributed by atoms with van der Waals surface area (Å²) in [5.74, 6) is 0. The van der Waals surface area contributed by atoms with E-state index in [1.165, 1.54) is 5.56 Å². The van der Waals surface area contributed by atoms with Gasteiger partial charge < -0.3 is 0 Å². The smallest absolute Gasteiger partial charge is 0.0625 e. The van der Waals surface area contributed by atoms with E-state index in [0.29, 0.717) is 0 Å². The van der Waals surface area contributed by atoms with Crippen molar-refractivity contribution >= 4 is 34.8 Å². The van der Waals surface area contributed by atoms with Crippen molar-refractivity contribution in [2.75, 3.05) is 0 Å². The lowest BCUT2D eigenvalue weighted by Crippen LogP contribution is -1.96. The molecule has 18 heavy (non-hydrogen) atoms. The van der Waals surface area contributed by atoms with Crippen molar-refractivity contribution in [1.82, 2.24) is 0 Å². The third-order valence-corrected chi connectivity index (χ3v) is 3.95. The van der Waals surface area contributed by atoms with Crippen molar-refractivity contribution in [1.29, 1.82) is 0 Å². The molecule has 0 aliphatic heterocycles. The van der Waals surface area contributed by atoms with Crippen LogP contribution in [0.3, 0.4) is 0 Å². The van der Waals surface area contributed by atoms with E-state index >= 15 is 0 Å². The second-order valence-electron chi connectivity index (χ2n) is 4.31. The third kappa shape index (κ3) is 3.41. The second-order valence-corrected chi connectivity index (χ2v) is 5.68. The van der Waals surface area contributed by atoms with Gasteiger partial charge in [-0.05, 0) is 48.2 Å². The van der Waals surface area contributed by atoms with Crippen LogP contribution in [0.1, 0.15) is 22.1 Å². The molecule has 0 heterocycles. The Labute approximate surface area is 122 Å². The van der Waals surface area contributed by atoms with Crippen molar-refractivity contribution in [2.24, 2.45) is 0 Å². The zero-order valence-electron chi connectivity index (χ0n) is 9.96. The maximum atomic E-state index is 6.43. The Balaban J connectivity index is 2.13. The molecule has 2 rings (SSSR count). The molecule has 0 spiro atoms. The van der Waals surface area contributed by atoms with Crippen LogP contribution in [-0.4, -0.2) is 0 Å². The van der Waals surface area contributed by atoms with E-state index in [9.17, 15) is 0 Å². The standard InChI is InChI=1S/C15H13Cl3/c1-10-8-12(4-7-14(10)17)15(18)9-11-2-5-13(16)6-3-11/h2-8,15H,9H2,1H3. The fraction of sp³-hybridized carbons (Fsp3) is 0.200. The molecule has 0 aliphatic carbocycles. The van der Waals surface area contributed by atoms with Gasteiger partial charge in [0.1, 0.15) is 0 Å². The molecule has 2 aromatic rings. The van der Waals surface area contributed by atoms with Crippen molar-refractivity contribution in [3.63, 3.8) is 0 Å². The molecule has 0 bridgehead atoms. The maximum Gasteiger partial charge on any atom is 0.0625 e. The van der Waals surface area contributed by atoms with E-state index in [1.807, 2.05) is 49.4 Å². The van der Waals surface area contributed by atoms with Crippen LogP contribution in [0.2, 0.25) is 10.0 Å². The molecule has 0 saturated heterocycles. The van der Waals surface area contributed by atoms with Gasteiger partial charge in [-0.1, -0.05) is 47.5 Å². The minimum atomic E-state index is -0.0536. The van der Waals surface area contributed by atoms with Gasteiger partial charge in [0, 0.05) is 10.0 Å². The van der Waals surface area contributed by atoms with Crippen LogP contribution in [-0.2, 0) is 6.42 Å². The highest BCUT2D eigenvalue weighted by Crippen LogP contribution is 2.28. The molecule has 0 N–H and O–H groups in total. The molecule has 1 atom stereocenters. The van der Waals surface area contributed by atoms with Gasteiger partial charge in [0.2, 0.25) is 0 Å². The Kier molecular flexibility index (Phi) is 4.55. The zero-order valence-corrected chi connectivity index (χ0v) is 12.2. The van der Waals surface area contributed by atoms with E-state index in [0.717, 1.165) is 27.6 Å². The van der Waals surface area contributed by atoms with Crippen LogP contribution in [0.15, 0.2) is 42.5 Å². The lowest BCUT2D eigenvalue weighted by molar-refractivity contribution is 0.918. The molecule has 0 amide bonds. The van der Waals surface area contributed by atoms with E-state index in [2.05, 4.69) is 0 Å². The van der Waals surface area contributed by atoms with Crippen molar-refractivity contribution in [3.8, 4) is 0 Å². The SMILES string of the molecule is Cc1cc(C(Cl)Cc2ccc(Cl)cc2)ccc1Cl. The number of benzene rings is 2. The Morgan fingerprint density at radius 1 is 1.00 bits per heavy atom. The monoisotopic (exact) mass is 298 g/mol. The van der Waals surface area contributed by atoms with Crippen molar-refractivity contribution < 1.29 is 0 Å². The molecule has 0 radical (unpaired) electrons. The molecule has 0 nitrogen and oxygen atoms in total. The third-order valence-electron chi connectivity index (χ3n) is 2.87. The molecule has 3 heteroatoms. The van der Waals surface area contributed by atoms with Gasteiger partial charge in [-0.25, -0.2) is 0 Å². The van der Waals surface area contributed by atoms with E-state index in [1.54, 1.807) is 0 Å². The minimum absolute atomic E-state index is 0.0536. The van der Waals surface area contributed by atoms with Gasteiger partial charge in [-0.2, -0.15) is 0 Å². The number of aryl methyl sites for hydroxylation is 1. The summed E-state index contributed by atoms with van der Waals surface area (Å²) in [6.07, 6.45) is 0.778. The molecule has 2 aromatic carbocycles. The van der Waals surface area contributed by atoms with E-state index in [-0.39, 0.29) is 5.38 Å². The number of hydrogen-bond acceptors (Lipinski definition) is 0. The summed E-state index contributed by atoms with van der Waals surface area (Å²) in [6.45, 7) is 1.98. The molecule has 0 aromatic heterocycles. The Morgan fingerprint density at radius 3 is 2.28 bits per heavy atom. The first-order valence-electron chi connectivity index (χ1n) is 5.71. The molecular formula is C15H13Cl3. The summed E-state index contributed by atoms with van der Waals surface area (Å²) >= 11 is 18.3. The van der Waals surface area contributed by atoms with Gasteiger partial charge >= 0.3 is 0 Å². The van der Waals surface area contributed by atoms with Crippen LogP contribution in [0.25, 0.3) is 0 Å². The molecular weight excluding hydrogens is 287 g/mol. The Morgan fingerprint density at radius 2 is 1.67 bits per heavy atom. The van der Waals surface area contributed by atoms with Gasteiger partial charge in [-0.3, -0.25) is 0 Å². The number of hydrogen-bond donors (Lipinski definition) is 0. The average molecular weight is 300 g/mol. The van der Waals surface area contributed by atoms with Crippen molar-refractivity contribution in [3.05, 3.63) is 69.2 Å². The van der Waals surface area contributed by atoms with Crippen LogP contribution in [0, 0.1) is 6.92 Å². The van der Waals surface area contributed by atoms with Gasteiger partial charge in [0.15, 0.2) is 0 Å². The maximum absolute atomic E-state index is 6.43. The lowest BCUT2D eigenvalue weighted by atomic mass is 10.0. The van der Waals surface area contributed by atoms with Gasteiger partial charge in [0.05, 0.1) is 5.38 Å². The van der Waals surface area contributed by atoms with Crippen molar-refractivity contribution in [2.45, 2.75) is 18.7 Å². The summed E-state index contributed by atoms with van der Waals surface area (Å²) in [5.41, 5.74) is 3.32. The van der Waals surface area contributed by atoms with Crippen LogP contribution in [0.5, 0.6) is 0 Å². The highest BCUT2D eigenvalue weighted by Gasteiger charge is 2.10. The first-order valence-corrected chi connectivity index (χ1v) is 6.90. The summed E-state index contributed by atoms with van der Waals surface area (Å²) in [5, 5.41) is 1.46. The quantitative estimate of drug-likeness (QED) is 0.626. The predicted molar refractivity (Wildman–Crippen MR) is 79.9 cm³/mol. The van der Waals surface area contributed by atoms with Gasteiger partial charge in [0.25, 0.3) is 0 Å². The summed E-state index contributed by atoms with van der Waals surface area (Å²) in [4.78, 5) is 0. The highest BCUT2D eigenvalue weighted by atomic mass is 35.5. The van der Waals surface area contributed by atoms with Gasteiger partial charge in [-0.15, -0.1) is 11.6 Å². The van der Waals surface area contributed by atoms with Crippen LogP contribution >= 0.6 is 34.8 Å². The largest absolute Gasteiger partial charge is 0.117 e. The number of halogens is 3. The van der Waals surface area contributed by atoms with E-state index in [4.69, 9.17) is 34.8 Å². The minimum Gasteiger partial charge on any atom is -0.117 e. The molecule has 94 valence electrons. The summed E-state index contributed by atoms with van der Waals surface area (Å²) < 4.78 is 0. The molecule has 0 saturated carbocycles. The number of alkyl halides is 1. The normalized spacial score (nSPS) is 12.4. The predicted octanol–water partition coefficient (Wildman–Crippen LogP) is 5.82. The molecule has 0 fully saturated rings. The fourth-order valence-electron chi connectivity index (χ4n) is 1.81. The average Bonchev–Trinajstić information content (AvgIpc) is 2.35. The first-order chi connectivity index (χ1) is 8.56. The Bertz CT molecular complexity index is 532. The summed E-state index contributed by atoms with van der Waals surface area (Å²) in [6, 6.07) is 13.7. The van der Waals surface area contributed by atoms with E-state index < -0.39 is 0 Å². The first kappa shape index (κ1) is 13.7. The van der Waals surface area contributed by atoms with Crippen LogP contribution in [0.4, 0.5) is 0 Å². The Hall–Kier alpha value is -0.690. The zero-order chi connectivity index (χ0) is 13.1. The number of rotatable bonds is 3. The topological polar surface area (TPSA) is 0 Å². The van der Waals surface area contributed by atoms with Crippen LogP contribution < -0.4 is 0 Å². The highest BCUT2D eigenvalue weighted by molar-refractivity contribution is 6.31. The fourth-order valence-corrected chi connectivity index (χ4v) is 2.37. The molecule has 1 unspecified atom stereocenters. The lowest BCUT2D eigenvalue weighted by Gasteiger charge is -2.11. The molecule has 0 aliphatic rings. The second kappa shape index (κ2) is 5.97.